The Morgan fingerprint density at radius 1 is 1.57 bits per heavy atom. The van der Waals surface area contributed by atoms with E-state index in [-0.39, 0.29) is 12.2 Å². The van der Waals surface area contributed by atoms with Gasteiger partial charge in [0.2, 0.25) is 0 Å². The second kappa shape index (κ2) is 4.79. The van der Waals surface area contributed by atoms with Crippen LogP contribution in [0.1, 0.15) is 29.5 Å². The van der Waals surface area contributed by atoms with Crippen molar-refractivity contribution in [2.75, 3.05) is 0 Å². The molecule has 1 aromatic heterocycles. The van der Waals surface area contributed by atoms with Gasteiger partial charge in [-0.05, 0) is 18.1 Å². The second-order valence-corrected chi connectivity index (χ2v) is 2.60. The van der Waals surface area contributed by atoms with Gasteiger partial charge in [-0.3, -0.25) is 4.79 Å². The van der Waals surface area contributed by atoms with Crippen molar-refractivity contribution in [2.45, 2.75) is 13.3 Å². The molecule has 0 saturated heterocycles. The lowest BCUT2D eigenvalue weighted by Crippen LogP contribution is -1.97. The molecule has 14 heavy (non-hydrogen) atoms. The highest BCUT2D eigenvalue weighted by molar-refractivity contribution is 5.92. The average molecular weight is 184 g/mol. The summed E-state index contributed by atoms with van der Waals surface area (Å²) in [5.41, 5.74) is 0.918. The van der Waals surface area contributed by atoms with Gasteiger partial charge in [0.05, 0.1) is 12.5 Å². The number of carbonyl (C=O) groups excluding carboxylic acids is 1. The maximum absolute atomic E-state index is 11.0. The molecule has 0 saturated carbocycles. The highest BCUT2D eigenvalue weighted by Gasteiger charge is 1.99. The summed E-state index contributed by atoms with van der Waals surface area (Å²) < 4.78 is 0. The Balaban J connectivity index is 2.92. The lowest BCUT2D eigenvalue weighted by molar-refractivity contribution is 0.101. The summed E-state index contributed by atoms with van der Waals surface area (Å²) in [6.07, 6.45) is 0.173. The minimum atomic E-state index is -0.0890. The lowest BCUT2D eigenvalue weighted by Gasteiger charge is -1.93. The van der Waals surface area contributed by atoms with Gasteiger partial charge in [-0.1, -0.05) is 12.0 Å². The molecule has 0 atom stereocenters. The van der Waals surface area contributed by atoms with Gasteiger partial charge in [0, 0.05) is 6.92 Å². The summed E-state index contributed by atoms with van der Waals surface area (Å²) in [7, 11) is 0. The number of ketones is 1. The number of Topliss-reactive ketones (excluding diaryl/α,β-unsaturated/α-hetero) is 1. The molecule has 0 unspecified atom stereocenters. The van der Waals surface area contributed by atoms with Crippen LogP contribution in [0.3, 0.4) is 0 Å². The molecule has 1 rings (SSSR count). The van der Waals surface area contributed by atoms with Gasteiger partial charge in [-0.15, -0.1) is 0 Å². The lowest BCUT2D eigenvalue weighted by atomic mass is 10.2. The van der Waals surface area contributed by atoms with E-state index in [0.717, 1.165) is 0 Å². The Morgan fingerprint density at radius 2 is 2.36 bits per heavy atom. The standard InChI is InChI=1S/C11H8N2O/c1-9(14)11-7-4-6-10(13-11)5-2-3-8-12/h4,6-7H,3H2,1H3. The van der Waals surface area contributed by atoms with Gasteiger partial charge < -0.3 is 0 Å². The Bertz CT molecular complexity index is 446. The van der Waals surface area contributed by atoms with Crippen LogP contribution in [0.15, 0.2) is 18.2 Å². The SMILES string of the molecule is CC(=O)c1cccc(C#CCC#N)n1. The fourth-order valence-corrected chi connectivity index (χ4v) is 0.875. The predicted molar refractivity (Wildman–Crippen MR) is 51.3 cm³/mol. The first-order valence-corrected chi connectivity index (χ1v) is 4.08. The van der Waals surface area contributed by atoms with Crippen LogP contribution in [0.4, 0.5) is 0 Å². The van der Waals surface area contributed by atoms with Crippen LogP contribution < -0.4 is 0 Å². The highest BCUT2D eigenvalue weighted by Crippen LogP contribution is 1.98. The summed E-state index contributed by atoms with van der Waals surface area (Å²) in [5.74, 6) is 5.25. The molecule has 0 N–H and O–H groups in total. The first-order chi connectivity index (χ1) is 6.74. The molecule has 0 spiro atoms. The summed E-state index contributed by atoms with van der Waals surface area (Å²) in [5, 5.41) is 8.26. The molecule has 0 aromatic carbocycles. The van der Waals surface area contributed by atoms with Gasteiger partial charge in [-0.25, -0.2) is 4.98 Å². The zero-order valence-corrected chi connectivity index (χ0v) is 7.74. The minimum Gasteiger partial charge on any atom is -0.293 e. The van der Waals surface area contributed by atoms with Crippen LogP contribution in [-0.4, -0.2) is 10.8 Å². The summed E-state index contributed by atoms with van der Waals surface area (Å²) in [6.45, 7) is 1.45. The number of carbonyl (C=O) groups is 1. The number of nitriles is 1. The Kier molecular flexibility index (Phi) is 3.41. The third kappa shape index (κ3) is 2.73. The van der Waals surface area contributed by atoms with Crippen molar-refractivity contribution >= 4 is 5.78 Å². The van der Waals surface area contributed by atoms with E-state index in [9.17, 15) is 4.79 Å². The number of aromatic nitrogens is 1. The average Bonchev–Trinajstić information content (AvgIpc) is 2.19. The number of hydrogen-bond donors (Lipinski definition) is 0. The van der Waals surface area contributed by atoms with E-state index in [0.29, 0.717) is 11.4 Å². The van der Waals surface area contributed by atoms with E-state index in [1.165, 1.54) is 6.92 Å². The van der Waals surface area contributed by atoms with Crippen LogP contribution in [0, 0.1) is 23.2 Å². The maximum Gasteiger partial charge on any atom is 0.178 e. The normalized spacial score (nSPS) is 8.29. The molecule has 0 radical (unpaired) electrons. The molecule has 0 bridgehead atoms. The van der Waals surface area contributed by atoms with Crippen molar-refractivity contribution in [1.82, 2.24) is 4.98 Å². The topological polar surface area (TPSA) is 53.8 Å². The Hall–Kier alpha value is -2.13. The van der Waals surface area contributed by atoms with Gasteiger partial charge in [0.25, 0.3) is 0 Å². The third-order valence-electron chi connectivity index (χ3n) is 1.49. The molecular formula is C11H8N2O. The molecule has 68 valence electrons. The minimum absolute atomic E-state index is 0.0890. The monoisotopic (exact) mass is 184 g/mol. The second-order valence-electron chi connectivity index (χ2n) is 2.60. The van der Waals surface area contributed by atoms with E-state index in [2.05, 4.69) is 16.8 Å². The summed E-state index contributed by atoms with van der Waals surface area (Å²) in [4.78, 5) is 15.0. The molecule has 3 nitrogen and oxygen atoms in total. The van der Waals surface area contributed by atoms with Gasteiger partial charge in [-0.2, -0.15) is 5.26 Å². The molecular weight excluding hydrogens is 176 g/mol. The smallest absolute Gasteiger partial charge is 0.178 e. The van der Waals surface area contributed by atoms with Crippen LogP contribution in [0.2, 0.25) is 0 Å². The van der Waals surface area contributed by atoms with E-state index in [1.54, 1.807) is 18.2 Å². The number of nitrogens with zero attached hydrogens (tertiary/aromatic N) is 2. The molecule has 0 aliphatic carbocycles. The third-order valence-corrected chi connectivity index (χ3v) is 1.49. The van der Waals surface area contributed by atoms with Crippen molar-refractivity contribution in [3.63, 3.8) is 0 Å². The predicted octanol–water partition coefficient (Wildman–Crippen LogP) is 1.55. The van der Waals surface area contributed by atoms with Crippen molar-refractivity contribution in [3.05, 3.63) is 29.6 Å². The number of hydrogen-bond acceptors (Lipinski definition) is 3. The zero-order valence-electron chi connectivity index (χ0n) is 7.74. The van der Waals surface area contributed by atoms with Gasteiger partial charge >= 0.3 is 0 Å². The Labute approximate surface area is 82.4 Å². The maximum atomic E-state index is 11.0. The van der Waals surface area contributed by atoms with Crippen molar-refractivity contribution in [1.29, 1.82) is 5.26 Å². The van der Waals surface area contributed by atoms with E-state index in [4.69, 9.17) is 5.26 Å². The first kappa shape index (κ1) is 9.95. The van der Waals surface area contributed by atoms with Crippen molar-refractivity contribution in [3.8, 4) is 17.9 Å². The number of rotatable bonds is 1. The van der Waals surface area contributed by atoms with Crippen LogP contribution in [0.5, 0.6) is 0 Å². The molecule has 1 aromatic rings. The zero-order chi connectivity index (χ0) is 10.4. The van der Waals surface area contributed by atoms with E-state index in [1.807, 2.05) is 6.07 Å². The van der Waals surface area contributed by atoms with Crippen molar-refractivity contribution in [2.24, 2.45) is 0 Å². The molecule has 0 amide bonds. The molecule has 1 heterocycles. The van der Waals surface area contributed by atoms with Crippen LogP contribution >= 0.6 is 0 Å². The van der Waals surface area contributed by atoms with Crippen LogP contribution in [0.25, 0.3) is 0 Å². The number of pyridine rings is 1. The fourth-order valence-electron chi connectivity index (χ4n) is 0.875. The molecule has 3 heteroatoms. The summed E-state index contributed by atoms with van der Waals surface area (Å²) >= 11 is 0. The summed E-state index contributed by atoms with van der Waals surface area (Å²) in [6, 6.07) is 6.97. The Morgan fingerprint density at radius 3 is 3.00 bits per heavy atom. The fraction of sp³-hybridized carbons (Fsp3) is 0.182. The van der Waals surface area contributed by atoms with Crippen molar-refractivity contribution < 1.29 is 4.79 Å². The molecule has 0 aliphatic rings. The van der Waals surface area contributed by atoms with E-state index >= 15 is 0 Å². The highest BCUT2D eigenvalue weighted by atomic mass is 16.1. The van der Waals surface area contributed by atoms with Gasteiger partial charge in [0.1, 0.15) is 11.4 Å². The first-order valence-electron chi connectivity index (χ1n) is 4.08. The quantitative estimate of drug-likeness (QED) is 0.491. The van der Waals surface area contributed by atoms with E-state index < -0.39 is 0 Å². The van der Waals surface area contributed by atoms with Crippen LogP contribution in [-0.2, 0) is 0 Å². The molecule has 0 fully saturated rings. The largest absolute Gasteiger partial charge is 0.293 e. The van der Waals surface area contributed by atoms with Gasteiger partial charge in [0.15, 0.2) is 5.78 Å². The molecule has 0 aliphatic heterocycles.